The normalized spacial score (nSPS) is 10.1. The Hall–Kier alpha value is -3.86. The van der Waals surface area contributed by atoms with Crippen LogP contribution in [-0.4, -0.2) is 21.8 Å². The molecule has 0 spiro atoms. The van der Waals surface area contributed by atoms with E-state index < -0.39 is 16.9 Å². The number of rotatable bonds is 6. The number of pyridine rings is 1. The number of carbonyl (C=O) groups excluding carboxylic acids is 2. The van der Waals surface area contributed by atoms with Gasteiger partial charge in [-0.25, -0.2) is 9.78 Å². The van der Waals surface area contributed by atoms with E-state index in [1.807, 2.05) is 0 Å². The van der Waals surface area contributed by atoms with Gasteiger partial charge < -0.3 is 9.15 Å². The summed E-state index contributed by atoms with van der Waals surface area (Å²) in [5.41, 5.74) is -0.131. The van der Waals surface area contributed by atoms with Gasteiger partial charge >= 0.3 is 6.03 Å². The van der Waals surface area contributed by atoms with Crippen molar-refractivity contribution in [2.75, 3.05) is 0 Å². The number of amides is 3. The Morgan fingerprint density at radius 1 is 1.14 bits per heavy atom. The number of aromatic nitrogens is 1. The summed E-state index contributed by atoms with van der Waals surface area (Å²) in [5, 5.41) is 12.7. The molecule has 142 valence electrons. The molecular weight excluding hydrogens is 388 g/mol. The van der Waals surface area contributed by atoms with Crippen LogP contribution in [0.25, 0.3) is 0 Å². The lowest BCUT2D eigenvalue weighted by Crippen LogP contribution is -2.36. The average Bonchev–Trinajstić information content (AvgIpc) is 3.23. The van der Waals surface area contributed by atoms with Crippen LogP contribution in [0.15, 0.2) is 70.3 Å². The molecule has 1 aromatic carbocycles. The molecule has 0 saturated carbocycles. The molecular formula is C17H12N4O6S. The minimum Gasteiger partial charge on any atom is -0.459 e. The van der Waals surface area contributed by atoms with Crippen molar-refractivity contribution >= 4 is 29.6 Å². The lowest BCUT2D eigenvalue weighted by atomic mass is 10.3. The summed E-state index contributed by atoms with van der Waals surface area (Å²) < 4.78 is 12.8. The highest BCUT2D eigenvalue weighted by atomic mass is 32.2. The van der Waals surface area contributed by atoms with E-state index in [0.717, 1.165) is 18.1 Å². The van der Waals surface area contributed by atoms with Gasteiger partial charge in [0.2, 0.25) is 5.88 Å². The first kappa shape index (κ1) is 18.9. The van der Waals surface area contributed by atoms with E-state index in [0.29, 0.717) is 10.6 Å². The summed E-state index contributed by atoms with van der Waals surface area (Å²) in [7, 11) is 0. The summed E-state index contributed by atoms with van der Waals surface area (Å²) in [6.07, 6.45) is 2.43. The minimum atomic E-state index is -0.693. The zero-order valence-corrected chi connectivity index (χ0v) is 14.8. The lowest BCUT2D eigenvalue weighted by Gasteiger charge is -2.07. The van der Waals surface area contributed by atoms with E-state index >= 15 is 0 Å². The van der Waals surface area contributed by atoms with Gasteiger partial charge in [-0.2, -0.15) is 0 Å². The van der Waals surface area contributed by atoms with Gasteiger partial charge in [-0.05, 0) is 48.3 Å². The van der Waals surface area contributed by atoms with Gasteiger partial charge in [-0.1, -0.05) is 0 Å². The van der Waals surface area contributed by atoms with Gasteiger partial charge in [-0.3, -0.25) is 24.9 Å². The van der Waals surface area contributed by atoms with Crippen molar-refractivity contribution < 1.29 is 23.7 Å². The quantitative estimate of drug-likeness (QED) is 0.364. The molecule has 11 heteroatoms. The molecule has 0 atom stereocenters. The van der Waals surface area contributed by atoms with Crippen molar-refractivity contribution in [1.82, 2.24) is 15.0 Å². The van der Waals surface area contributed by atoms with Crippen LogP contribution in [0.4, 0.5) is 10.5 Å². The zero-order valence-electron chi connectivity index (χ0n) is 14.0. The summed E-state index contributed by atoms with van der Waals surface area (Å²) >= 11 is 0.997. The molecule has 28 heavy (non-hydrogen) atoms. The third kappa shape index (κ3) is 5.08. The monoisotopic (exact) mass is 400 g/mol. The molecule has 2 aromatic heterocycles. The van der Waals surface area contributed by atoms with Crippen molar-refractivity contribution in [3.05, 3.63) is 76.9 Å². The van der Waals surface area contributed by atoms with E-state index in [1.54, 1.807) is 24.3 Å². The van der Waals surface area contributed by atoms with Crippen molar-refractivity contribution in [2.24, 2.45) is 0 Å². The summed E-state index contributed by atoms with van der Waals surface area (Å²) in [5.74, 6) is 0.0482. The molecule has 0 aliphatic heterocycles. The molecule has 2 heterocycles. The number of furan rings is 1. The van der Waals surface area contributed by atoms with Crippen LogP contribution >= 0.6 is 11.9 Å². The number of nitrogens with one attached hydrogen (secondary N) is 2. The lowest BCUT2D eigenvalue weighted by molar-refractivity contribution is -0.385. The predicted octanol–water partition coefficient (Wildman–Crippen LogP) is 3.52. The van der Waals surface area contributed by atoms with Crippen LogP contribution in [0.5, 0.6) is 11.6 Å². The Balaban J connectivity index is 1.49. The van der Waals surface area contributed by atoms with Crippen LogP contribution in [0, 0.1) is 10.1 Å². The number of carbonyl (C=O) groups is 2. The largest absolute Gasteiger partial charge is 0.459 e. The first-order valence-corrected chi connectivity index (χ1v) is 8.53. The minimum absolute atomic E-state index is 0.0292. The number of benzene rings is 1. The second kappa shape index (κ2) is 8.68. The molecule has 3 rings (SSSR count). The third-order valence-electron chi connectivity index (χ3n) is 3.21. The number of imide groups is 1. The second-order valence-electron chi connectivity index (χ2n) is 5.15. The molecule has 0 fully saturated rings. The number of urea groups is 1. The molecule has 0 unspecified atom stereocenters. The second-order valence-corrected chi connectivity index (χ2v) is 6.03. The van der Waals surface area contributed by atoms with E-state index in [1.165, 1.54) is 30.5 Å². The maximum atomic E-state index is 11.7. The summed E-state index contributed by atoms with van der Waals surface area (Å²) in [6, 6.07) is 11.6. The van der Waals surface area contributed by atoms with Crippen molar-refractivity contribution in [3.63, 3.8) is 0 Å². The topological polar surface area (TPSA) is 137 Å². The van der Waals surface area contributed by atoms with Crippen molar-refractivity contribution in [3.8, 4) is 11.6 Å². The number of hydrogen-bond acceptors (Lipinski definition) is 8. The van der Waals surface area contributed by atoms with E-state index in [9.17, 15) is 19.7 Å². The molecule has 3 amide bonds. The van der Waals surface area contributed by atoms with E-state index in [-0.39, 0.29) is 17.3 Å². The predicted molar refractivity (Wildman–Crippen MR) is 98.0 cm³/mol. The summed E-state index contributed by atoms with van der Waals surface area (Å²) in [6.45, 7) is 0. The fourth-order valence-electron chi connectivity index (χ4n) is 1.94. The Morgan fingerprint density at radius 2 is 1.93 bits per heavy atom. The number of nitro groups is 1. The Bertz CT molecular complexity index is 974. The Labute approximate surface area is 162 Å². The van der Waals surface area contributed by atoms with Gasteiger partial charge in [0.05, 0.1) is 11.2 Å². The first-order valence-electron chi connectivity index (χ1n) is 7.71. The molecule has 0 aliphatic carbocycles. The van der Waals surface area contributed by atoms with Crippen LogP contribution in [0.2, 0.25) is 0 Å². The van der Waals surface area contributed by atoms with E-state index in [4.69, 9.17) is 9.15 Å². The molecule has 0 radical (unpaired) electrons. The molecule has 0 aliphatic rings. The van der Waals surface area contributed by atoms with Crippen molar-refractivity contribution in [1.29, 1.82) is 0 Å². The van der Waals surface area contributed by atoms with Crippen LogP contribution in [0.3, 0.4) is 0 Å². The maximum Gasteiger partial charge on any atom is 0.332 e. The summed E-state index contributed by atoms with van der Waals surface area (Å²) in [4.78, 5) is 38.0. The smallest absolute Gasteiger partial charge is 0.332 e. The van der Waals surface area contributed by atoms with Gasteiger partial charge in [0, 0.05) is 17.0 Å². The highest BCUT2D eigenvalue weighted by molar-refractivity contribution is 7.98. The average molecular weight is 400 g/mol. The highest BCUT2D eigenvalue weighted by Crippen LogP contribution is 2.24. The molecule has 0 bridgehead atoms. The number of hydrogen-bond donors (Lipinski definition) is 2. The molecule has 3 aromatic rings. The SMILES string of the molecule is O=C(NSc1ccc(Oc2ccc([N+](=O)[O-])cn2)cc1)NC(=O)c1ccco1. The zero-order chi connectivity index (χ0) is 19.9. The number of ether oxygens (including phenoxy) is 1. The van der Waals surface area contributed by atoms with Gasteiger partial charge in [-0.15, -0.1) is 0 Å². The van der Waals surface area contributed by atoms with E-state index in [2.05, 4.69) is 15.0 Å². The fourth-order valence-corrected chi connectivity index (χ4v) is 2.47. The number of nitrogens with zero attached hydrogens (tertiary/aromatic N) is 2. The molecule has 10 nitrogen and oxygen atoms in total. The Kier molecular flexibility index (Phi) is 5.87. The molecule has 0 saturated heterocycles. The van der Waals surface area contributed by atoms with Gasteiger partial charge in [0.25, 0.3) is 11.6 Å². The van der Waals surface area contributed by atoms with Gasteiger partial charge in [0.1, 0.15) is 11.9 Å². The molecule has 2 N–H and O–H groups in total. The van der Waals surface area contributed by atoms with Crippen LogP contribution < -0.4 is 14.8 Å². The standard InChI is InChI=1S/C17H12N4O6S/c22-16(14-2-1-9-26-14)19-17(23)20-28-13-6-4-12(5-7-13)27-15-8-3-11(10-18-15)21(24)25/h1-10H,(H2,19,20,22,23). The van der Waals surface area contributed by atoms with Crippen LogP contribution in [0.1, 0.15) is 10.6 Å². The third-order valence-corrected chi connectivity index (χ3v) is 4.01. The first-order chi connectivity index (χ1) is 13.5. The highest BCUT2D eigenvalue weighted by Gasteiger charge is 2.12. The maximum absolute atomic E-state index is 11.7. The van der Waals surface area contributed by atoms with Crippen LogP contribution in [-0.2, 0) is 0 Å². The van der Waals surface area contributed by atoms with Crippen molar-refractivity contribution in [2.45, 2.75) is 4.90 Å². The van der Waals surface area contributed by atoms with Gasteiger partial charge in [0.15, 0.2) is 5.76 Å². The Morgan fingerprint density at radius 3 is 2.54 bits per heavy atom. The fraction of sp³-hybridized carbons (Fsp3) is 0.